The Kier molecular flexibility index (Phi) is 3.78. The van der Waals surface area contributed by atoms with Crippen LogP contribution < -0.4 is 10.1 Å². The molecular formula is C13H20N2O. The fourth-order valence-corrected chi connectivity index (χ4v) is 2.25. The van der Waals surface area contributed by atoms with E-state index in [0.29, 0.717) is 11.9 Å². The zero-order valence-corrected chi connectivity index (χ0v) is 10.1. The van der Waals surface area contributed by atoms with Gasteiger partial charge in [-0.3, -0.25) is 0 Å². The summed E-state index contributed by atoms with van der Waals surface area (Å²) in [4.78, 5) is 4.24. The maximum absolute atomic E-state index is 5.05. The third kappa shape index (κ3) is 2.53. The minimum absolute atomic E-state index is 0.601. The fourth-order valence-electron chi connectivity index (χ4n) is 2.25. The maximum atomic E-state index is 5.05. The molecule has 88 valence electrons. The molecule has 1 heterocycles. The van der Waals surface area contributed by atoms with E-state index >= 15 is 0 Å². The number of methoxy groups -OCH3 is 1. The Morgan fingerprint density at radius 1 is 1.50 bits per heavy atom. The van der Waals surface area contributed by atoms with Crippen LogP contribution in [0.3, 0.4) is 0 Å². The second-order valence-corrected chi connectivity index (χ2v) is 4.50. The van der Waals surface area contributed by atoms with E-state index in [0.717, 1.165) is 12.3 Å². The van der Waals surface area contributed by atoms with Crippen molar-refractivity contribution < 1.29 is 4.74 Å². The molecule has 3 heteroatoms. The van der Waals surface area contributed by atoms with Gasteiger partial charge in [-0.25, -0.2) is 4.98 Å². The van der Waals surface area contributed by atoms with Crippen LogP contribution in [-0.4, -0.2) is 25.2 Å². The van der Waals surface area contributed by atoms with Gasteiger partial charge in [0, 0.05) is 18.3 Å². The van der Waals surface area contributed by atoms with Gasteiger partial charge >= 0.3 is 0 Å². The van der Waals surface area contributed by atoms with Gasteiger partial charge in [0.25, 0.3) is 0 Å². The van der Waals surface area contributed by atoms with E-state index < -0.39 is 0 Å². The largest absolute Gasteiger partial charge is 0.481 e. The van der Waals surface area contributed by atoms with Gasteiger partial charge in [-0.05, 0) is 37.8 Å². The quantitative estimate of drug-likeness (QED) is 0.824. The molecule has 1 atom stereocenters. The van der Waals surface area contributed by atoms with Gasteiger partial charge in [-0.2, -0.15) is 0 Å². The average Bonchev–Trinajstić information content (AvgIpc) is 2.26. The van der Waals surface area contributed by atoms with Crippen molar-refractivity contribution in [2.24, 2.45) is 5.92 Å². The summed E-state index contributed by atoms with van der Waals surface area (Å²) in [6, 6.07) is 4.64. The van der Waals surface area contributed by atoms with E-state index in [1.807, 2.05) is 12.3 Å². The first-order chi connectivity index (χ1) is 7.83. The third-order valence-electron chi connectivity index (χ3n) is 3.55. The van der Waals surface area contributed by atoms with Crippen LogP contribution in [-0.2, 0) is 6.42 Å². The molecule has 0 bridgehead atoms. The Labute approximate surface area is 97.2 Å². The number of nitrogens with zero attached hydrogens (tertiary/aromatic N) is 1. The first-order valence-corrected chi connectivity index (χ1v) is 5.99. The maximum Gasteiger partial charge on any atom is 0.212 e. The van der Waals surface area contributed by atoms with Crippen LogP contribution in [0, 0.1) is 5.92 Å². The van der Waals surface area contributed by atoms with Crippen LogP contribution in [0.15, 0.2) is 18.3 Å². The van der Waals surface area contributed by atoms with Crippen LogP contribution >= 0.6 is 0 Å². The number of ether oxygens (including phenoxy) is 1. The average molecular weight is 220 g/mol. The predicted octanol–water partition coefficient (Wildman–Crippen LogP) is 2.02. The highest BCUT2D eigenvalue weighted by Crippen LogP contribution is 2.30. The van der Waals surface area contributed by atoms with Crippen molar-refractivity contribution >= 4 is 0 Å². The van der Waals surface area contributed by atoms with E-state index in [-0.39, 0.29) is 0 Å². The summed E-state index contributed by atoms with van der Waals surface area (Å²) in [5.41, 5.74) is 1.28. The lowest BCUT2D eigenvalue weighted by Crippen LogP contribution is -2.39. The molecule has 0 aromatic carbocycles. The summed E-state index contributed by atoms with van der Waals surface area (Å²) in [5, 5.41) is 3.42. The Bertz CT molecular complexity index is 319. The smallest absolute Gasteiger partial charge is 0.212 e. The monoisotopic (exact) mass is 220 g/mol. The summed E-state index contributed by atoms with van der Waals surface area (Å²) in [5.74, 6) is 1.54. The molecule has 0 radical (unpaired) electrons. The van der Waals surface area contributed by atoms with Crippen LogP contribution in [0.25, 0.3) is 0 Å². The van der Waals surface area contributed by atoms with Crippen molar-refractivity contribution in [3.8, 4) is 5.88 Å². The van der Waals surface area contributed by atoms with Gasteiger partial charge in [0.2, 0.25) is 5.88 Å². The molecule has 1 aliphatic carbocycles. The molecule has 0 aliphatic heterocycles. The number of hydrogen-bond donors (Lipinski definition) is 1. The normalized spacial score (nSPS) is 17.9. The number of aromatic nitrogens is 1. The van der Waals surface area contributed by atoms with Gasteiger partial charge in [-0.1, -0.05) is 12.5 Å². The van der Waals surface area contributed by atoms with E-state index in [2.05, 4.69) is 23.4 Å². The molecule has 1 aromatic rings. The number of hydrogen-bond acceptors (Lipinski definition) is 3. The number of rotatable bonds is 5. The summed E-state index contributed by atoms with van der Waals surface area (Å²) in [6.07, 6.45) is 7.12. The summed E-state index contributed by atoms with van der Waals surface area (Å²) < 4.78 is 5.05. The Morgan fingerprint density at radius 2 is 2.31 bits per heavy atom. The minimum atomic E-state index is 0.601. The zero-order valence-electron chi connectivity index (χ0n) is 10.1. The van der Waals surface area contributed by atoms with E-state index in [1.165, 1.54) is 24.8 Å². The lowest BCUT2D eigenvalue weighted by atomic mass is 9.78. The molecule has 1 saturated carbocycles. The highest BCUT2D eigenvalue weighted by Gasteiger charge is 2.25. The standard InChI is InChI=1S/C13H20N2O/c1-14-12(11-4-3-5-11)8-10-6-7-13(16-2)15-9-10/h6-7,9,11-12,14H,3-5,8H2,1-2H3. The highest BCUT2D eigenvalue weighted by atomic mass is 16.5. The Morgan fingerprint density at radius 3 is 2.75 bits per heavy atom. The molecule has 0 spiro atoms. The van der Waals surface area contributed by atoms with E-state index in [1.54, 1.807) is 7.11 Å². The van der Waals surface area contributed by atoms with Crippen LogP contribution in [0.2, 0.25) is 0 Å². The lowest BCUT2D eigenvalue weighted by Gasteiger charge is -2.33. The zero-order chi connectivity index (χ0) is 11.4. The molecule has 0 saturated heterocycles. The molecular weight excluding hydrogens is 200 g/mol. The Hall–Kier alpha value is -1.09. The number of pyridine rings is 1. The van der Waals surface area contributed by atoms with Crippen molar-refractivity contribution in [1.29, 1.82) is 0 Å². The molecule has 3 nitrogen and oxygen atoms in total. The van der Waals surface area contributed by atoms with Crippen LogP contribution in [0.5, 0.6) is 5.88 Å². The first kappa shape index (κ1) is 11.4. The van der Waals surface area contributed by atoms with Gasteiger partial charge in [0.05, 0.1) is 7.11 Å². The molecule has 1 fully saturated rings. The second kappa shape index (κ2) is 5.30. The van der Waals surface area contributed by atoms with Gasteiger partial charge in [-0.15, -0.1) is 0 Å². The summed E-state index contributed by atoms with van der Waals surface area (Å²) in [6.45, 7) is 0. The SMILES string of the molecule is CNC(Cc1ccc(OC)nc1)C1CCC1. The van der Waals surface area contributed by atoms with E-state index in [4.69, 9.17) is 4.74 Å². The van der Waals surface area contributed by atoms with Crippen molar-refractivity contribution in [1.82, 2.24) is 10.3 Å². The molecule has 0 amide bonds. The minimum Gasteiger partial charge on any atom is -0.481 e. The topological polar surface area (TPSA) is 34.1 Å². The van der Waals surface area contributed by atoms with Crippen molar-refractivity contribution in [2.75, 3.05) is 14.2 Å². The van der Waals surface area contributed by atoms with Crippen LogP contribution in [0.1, 0.15) is 24.8 Å². The third-order valence-corrected chi connectivity index (χ3v) is 3.55. The number of likely N-dealkylation sites (N-methyl/N-ethyl adjacent to an activating group) is 1. The van der Waals surface area contributed by atoms with Crippen molar-refractivity contribution in [3.63, 3.8) is 0 Å². The summed E-state index contributed by atoms with van der Waals surface area (Å²) >= 11 is 0. The molecule has 1 N–H and O–H groups in total. The lowest BCUT2D eigenvalue weighted by molar-refractivity contribution is 0.235. The van der Waals surface area contributed by atoms with Gasteiger partial charge < -0.3 is 10.1 Å². The highest BCUT2D eigenvalue weighted by molar-refractivity contribution is 5.18. The summed E-state index contributed by atoms with van der Waals surface area (Å²) in [7, 11) is 3.70. The predicted molar refractivity (Wildman–Crippen MR) is 64.7 cm³/mol. The fraction of sp³-hybridized carbons (Fsp3) is 0.615. The van der Waals surface area contributed by atoms with Gasteiger partial charge in [0.15, 0.2) is 0 Å². The van der Waals surface area contributed by atoms with E-state index in [9.17, 15) is 0 Å². The van der Waals surface area contributed by atoms with Crippen molar-refractivity contribution in [2.45, 2.75) is 31.7 Å². The first-order valence-electron chi connectivity index (χ1n) is 5.99. The molecule has 2 rings (SSSR count). The van der Waals surface area contributed by atoms with Crippen LogP contribution in [0.4, 0.5) is 0 Å². The second-order valence-electron chi connectivity index (χ2n) is 4.50. The number of nitrogens with one attached hydrogen (secondary N) is 1. The molecule has 1 aliphatic rings. The molecule has 1 aromatic heterocycles. The molecule has 1 unspecified atom stereocenters. The molecule has 16 heavy (non-hydrogen) atoms. The Balaban J connectivity index is 1.95. The van der Waals surface area contributed by atoms with Gasteiger partial charge in [0.1, 0.15) is 0 Å². The van der Waals surface area contributed by atoms with Crippen molar-refractivity contribution in [3.05, 3.63) is 23.9 Å².